The van der Waals surface area contributed by atoms with Gasteiger partial charge in [0.1, 0.15) is 10.6 Å². The van der Waals surface area contributed by atoms with Crippen LogP contribution in [0, 0.1) is 13.8 Å². The molecule has 1 aromatic carbocycles. The quantitative estimate of drug-likeness (QED) is 0.604. The maximum atomic E-state index is 12.7. The minimum atomic E-state index is -0.115. The molecule has 4 rings (SSSR count). The van der Waals surface area contributed by atoms with Crippen LogP contribution in [-0.4, -0.2) is 21.7 Å². The van der Waals surface area contributed by atoms with Crippen LogP contribution in [0.25, 0.3) is 15.2 Å². The number of hydrogen-bond donors (Lipinski definition) is 1. The molecule has 0 aliphatic heterocycles. The van der Waals surface area contributed by atoms with Crippen molar-refractivity contribution in [1.82, 2.24) is 14.6 Å². The van der Waals surface area contributed by atoms with E-state index in [1.54, 1.807) is 18.4 Å². The highest BCUT2D eigenvalue weighted by atomic mass is 32.1. The zero-order chi connectivity index (χ0) is 16.8. The van der Waals surface area contributed by atoms with E-state index in [2.05, 4.69) is 15.4 Å². The van der Waals surface area contributed by atoms with Gasteiger partial charge < -0.3 is 10.1 Å². The van der Waals surface area contributed by atoms with Crippen LogP contribution in [0.2, 0.25) is 0 Å². The van der Waals surface area contributed by atoms with Gasteiger partial charge in [-0.25, -0.2) is 4.98 Å². The first-order valence-corrected chi connectivity index (χ1v) is 8.91. The van der Waals surface area contributed by atoms with Crippen LogP contribution in [0.3, 0.4) is 0 Å². The van der Waals surface area contributed by atoms with E-state index in [4.69, 9.17) is 4.74 Å². The smallest absolute Gasteiger partial charge is 0.284 e. The molecule has 3 heterocycles. The van der Waals surface area contributed by atoms with Gasteiger partial charge in [-0.15, -0.1) is 16.4 Å². The van der Waals surface area contributed by atoms with E-state index in [0.29, 0.717) is 15.5 Å². The van der Waals surface area contributed by atoms with Crippen molar-refractivity contribution in [2.24, 2.45) is 0 Å². The van der Waals surface area contributed by atoms with Crippen LogP contribution in [0.4, 0.5) is 10.8 Å². The Morgan fingerprint density at radius 3 is 2.62 bits per heavy atom. The van der Waals surface area contributed by atoms with Crippen molar-refractivity contribution in [3.8, 4) is 5.75 Å². The van der Waals surface area contributed by atoms with Gasteiger partial charge in [0.2, 0.25) is 10.1 Å². The highest BCUT2D eigenvalue weighted by Crippen LogP contribution is 2.29. The molecule has 0 bridgehead atoms. The normalized spacial score (nSPS) is 11.3. The van der Waals surface area contributed by atoms with Crippen LogP contribution in [-0.2, 0) is 0 Å². The van der Waals surface area contributed by atoms with Gasteiger partial charge in [-0.05, 0) is 43.7 Å². The molecule has 0 unspecified atom stereocenters. The fourth-order valence-electron chi connectivity index (χ4n) is 2.47. The van der Waals surface area contributed by atoms with Crippen molar-refractivity contribution in [3.63, 3.8) is 0 Å². The minimum Gasteiger partial charge on any atom is -0.497 e. The molecule has 0 radical (unpaired) electrons. The number of nitrogens with one attached hydrogen (secondary N) is 1. The lowest BCUT2D eigenvalue weighted by Gasteiger charge is -2.03. The van der Waals surface area contributed by atoms with Crippen molar-refractivity contribution >= 4 is 48.7 Å². The lowest BCUT2D eigenvalue weighted by molar-refractivity contribution is 0.415. The van der Waals surface area contributed by atoms with Gasteiger partial charge in [-0.3, -0.25) is 4.79 Å². The molecule has 0 aliphatic carbocycles. The Morgan fingerprint density at radius 2 is 1.92 bits per heavy atom. The summed E-state index contributed by atoms with van der Waals surface area (Å²) in [6.07, 6.45) is 0. The number of aryl methyl sites for hydroxylation is 2. The summed E-state index contributed by atoms with van der Waals surface area (Å²) in [7, 11) is 1.63. The summed E-state index contributed by atoms with van der Waals surface area (Å²) >= 11 is 2.90. The zero-order valence-electron chi connectivity index (χ0n) is 13.3. The standard InChI is InChI=1S/C16H14N4O2S2/c1-8-9(2)23-13-12(8)14(21)20-16(18-13)24-15(19-20)17-10-4-6-11(22-3)7-5-10/h4-7H,1-3H3,(H,17,19). The molecule has 0 atom stereocenters. The fraction of sp³-hybridized carbons (Fsp3) is 0.188. The predicted molar refractivity (Wildman–Crippen MR) is 98.3 cm³/mol. The van der Waals surface area contributed by atoms with E-state index < -0.39 is 0 Å². The number of aromatic nitrogens is 3. The second kappa shape index (κ2) is 5.57. The molecule has 3 aromatic heterocycles. The molecular weight excluding hydrogens is 344 g/mol. The number of nitrogens with zero attached hydrogens (tertiary/aromatic N) is 3. The lowest BCUT2D eigenvalue weighted by atomic mass is 10.2. The van der Waals surface area contributed by atoms with Crippen LogP contribution >= 0.6 is 22.7 Å². The monoisotopic (exact) mass is 358 g/mol. The van der Waals surface area contributed by atoms with Gasteiger partial charge in [-0.1, -0.05) is 11.3 Å². The summed E-state index contributed by atoms with van der Waals surface area (Å²) in [4.78, 5) is 19.8. The van der Waals surface area contributed by atoms with Gasteiger partial charge in [0, 0.05) is 10.6 Å². The maximum absolute atomic E-state index is 12.7. The summed E-state index contributed by atoms with van der Waals surface area (Å²) in [6, 6.07) is 7.52. The largest absolute Gasteiger partial charge is 0.497 e. The van der Waals surface area contributed by atoms with Gasteiger partial charge >= 0.3 is 0 Å². The van der Waals surface area contributed by atoms with Crippen molar-refractivity contribution < 1.29 is 4.74 Å². The number of anilines is 2. The Morgan fingerprint density at radius 1 is 1.17 bits per heavy atom. The van der Waals surface area contributed by atoms with Crippen molar-refractivity contribution in [2.75, 3.05) is 12.4 Å². The zero-order valence-corrected chi connectivity index (χ0v) is 14.9. The number of methoxy groups -OCH3 is 1. The average Bonchev–Trinajstić information content (AvgIpc) is 3.10. The molecule has 1 N–H and O–H groups in total. The van der Waals surface area contributed by atoms with E-state index in [9.17, 15) is 4.79 Å². The van der Waals surface area contributed by atoms with Gasteiger partial charge in [0.25, 0.3) is 5.56 Å². The Hall–Kier alpha value is -2.45. The second-order valence-electron chi connectivity index (χ2n) is 5.34. The van der Waals surface area contributed by atoms with Gasteiger partial charge in [0.05, 0.1) is 12.5 Å². The molecule has 0 saturated heterocycles. The van der Waals surface area contributed by atoms with E-state index >= 15 is 0 Å². The number of hydrogen-bond acceptors (Lipinski definition) is 7. The van der Waals surface area contributed by atoms with E-state index in [1.807, 2.05) is 38.1 Å². The summed E-state index contributed by atoms with van der Waals surface area (Å²) < 4.78 is 6.52. The second-order valence-corrected chi connectivity index (χ2v) is 7.49. The summed E-state index contributed by atoms with van der Waals surface area (Å²) in [5, 5.41) is 8.86. The van der Waals surface area contributed by atoms with Crippen molar-refractivity contribution in [1.29, 1.82) is 0 Å². The first-order valence-electron chi connectivity index (χ1n) is 7.27. The van der Waals surface area contributed by atoms with E-state index in [0.717, 1.165) is 26.7 Å². The molecule has 0 aliphatic rings. The van der Waals surface area contributed by atoms with E-state index in [1.165, 1.54) is 15.9 Å². The van der Waals surface area contributed by atoms with Crippen LogP contribution < -0.4 is 15.6 Å². The Labute approximate surface area is 145 Å². The number of benzene rings is 1. The minimum absolute atomic E-state index is 0.115. The highest BCUT2D eigenvalue weighted by Gasteiger charge is 2.16. The topological polar surface area (TPSA) is 68.5 Å². The number of fused-ring (bicyclic) bond motifs is 2. The molecule has 0 spiro atoms. The summed E-state index contributed by atoms with van der Waals surface area (Å²) in [5.74, 6) is 0.786. The first-order chi connectivity index (χ1) is 11.6. The summed E-state index contributed by atoms with van der Waals surface area (Å²) in [6.45, 7) is 3.95. The summed E-state index contributed by atoms with van der Waals surface area (Å²) in [5.41, 5.74) is 1.74. The molecule has 8 heteroatoms. The SMILES string of the molecule is COc1ccc(Nc2nn3c(=O)c4c(C)c(C)sc4nc3s2)cc1. The molecule has 24 heavy (non-hydrogen) atoms. The van der Waals surface area contributed by atoms with Gasteiger partial charge in [0.15, 0.2) is 0 Å². The molecule has 4 aromatic rings. The third kappa shape index (κ3) is 2.35. The van der Waals surface area contributed by atoms with E-state index in [-0.39, 0.29) is 5.56 Å². The molecule has 0 amide bonds. The Bertz CT molecular complexity index is 1110. The highest BCUT2D eigenvalue weighted by molar-refractivity contribution is 7.21. The Balaban J connectivity index is 1.79. The number of rotatable bonds is 3. The van der Waals surface area contributed by atoms with Crippen molar-refractivity contribution in [3.05, 3.63) is 45.1 Å². The van der Waals surface area contributed by atoms with Gasteiger partial charge in [-0.2, -0.15) is 4.52 Å². The third-order valence-corrected chi connectivity index (χ3v) is 5.80. The number of ether oxygens (including phenoxy) is 1. The predicted octanol–water partition coefficient (Wildman–Crippen LogP) is 3.73. The van der Waals surface area contributed by atoms with Crippen LogP contribution in [0.1, 0.15) is 10.4 Å². The first kappa shape index (κ1) is 15.1. The lowest BCUT2D eigenvalue weighted by Crippen LogP contribution is -2.15. The fourth-order valence-corrected chi connectivity index (χ4v) is 4.36. The average molecular weight is 358 g/mol. The maximum Gasteiger partial charge on any atom is 0.284 e. The van der Waals surface area contributed by atoms with Crippen LogP contribution in [0.5, 0.6) is 5.75 Å². The van der Waals surface area contributed by atoms with Crippen molar-refractivity contribution in [2.45, 2.75) is 13.8 Å². The molecule has 6 nitrogen and oxygen atoms in total. The molecule has 122 valence electrons. The molecule has 0 fully saturated rings. The third-order valence-electron chi connectivity index (χ3n) is 3.87. The molecule has 0 saturated carbocycles. The van der Waals surface area contributed by atoms with Crippen LogP contribution in [0.15, 0.2) is 29.1 Å². The number of thiophene rings is 1. The Kier molecular flexibility index (Phi) is 3.50. The molecular formula is C16H14N4O2S2.